The van der Waals surface area contributed by atoms with E-state index in [4.69, 9.17) is 0 Å². The Labute approximate surface area is 142 Å². The summed E-state index contributed by atoms with van der Waals surface area (Å²) in [5, 5.41) is 4.30. The number of aromatic nitrogens is 2. The quantitative estimate of drug-likeness (QED) is 0.794. The van der Waals surface area contributed by atoms with Crippen molar-refractivity contribution in [1.82, 2.24) is 9.78 Å². The molecule has 0 radical (unpaired) electrons. The van der Waals surface area contributed by atoms with Gasteiger partial charge in [-0.25, -0.2) is 8.42 Å². The molecule has 24 heavy (non-hydrogen) atoms. The van der Waals surface area contributed by atoms with E-state index in [-0.39, 0.29) is 16.7 Å². The van der Waals surface area contributed by atoms with Crippen LogP contribution in [0.4, 0.5) is 5.69 Å². The number of ketones is 1. The van der Waals surface area contributed by atoms with Crippen LogP contribution in [0.2, 0.25) is 0 Å². The molecule has 0 spiro atoms. The number of carbonyl (C=O) groups is 1. The number of Topliss-reactive ketones (excluding diaryl/α,β-unsaturated/α-hetero) is 1. The molecule has 3 rings (SSSR count). The van der Waals surface area contributed by atoms with Gasteiger partial charge in [0.2, 0.25) is 0 Å². The van der Waals surface area contributed by atoms with Crippen LogP contribution in [0, 0.1) is 0 Å². The first-order valence-electron chi connectivity index (χ1n) is 7.95. The number of hydrogen-bond acceptors (Lipinski definition) is 5. The monoisotopic (exact) mass is 347 g/mol. The van der Waals surface area contributed by atoms with Crippen LogP contribution in [0.15, 0.2) is 41.6 Å². The summed E-state index contributed by atoms with van der Waals surface area (Å²) in [5.74, 6) is -0.0723. The molecular formula is C17H21N3O3S. The summed E-state index contributed by atoms with van der Waals surface area (Å²) >= 11 is 0. The molecule has 6 nitrogen and oxygen atoms in total. The standard InChI is InChI=1S/C17H21N3O3S/c1-13(21)14-6-7-17(24(2,22)23)16(11-14)19-9-3-5-15(12-19)20-10-4-8-18-20/h4,6-8,10-11,15H,3,5,9,12H2,1-2H3/t15-/m0/s1. The molecule has 0 amide bonds. The number of benzene rings is 1. The van der Waals surface area contributed by atoms with Crippen molar-refractivity contribution in [2.24, 2.45) is 0 Å². The lowest BCUT2D eigenvalue weighted by Crippen LogP contribution is -2.37. The van der Waals surface area contributed by atoms with Gasteiger partial charge >= 0.3 is 0 Å². The Morgan fingerprint density at radius 2 is 2.12 bits per heavy atom. The van der Waals surface area contributed by atoms with Crippen LogP contribution in [-0.2, 0) is 9.84 Å². The average molecular weight is 347 g/mol. The van der Waals surface area contributed by atoms with Gasteiger partial charge in [-0.15, -0.1) is 0 Å². The van der Waals surface area contributed by atoms with E-state index in [0.717, 1.165) is 19.4 Å². The number of hydrogen-bond donors (Lipinski definition) is 0. The molecule has 1 saturated heterocycles. The molecule has 7 heteroatoms. The number of rotatable bonds is 4. The second-order valence-electron chi connectivity index (χ2n) is 6.24. The van der Waals surface area contributed by atoms with Gasteiger partial charge in [-0.2, -0.15) is 5.10 Å². The molecular weight excluding hydrogens is 326 g/mol. The minimum atomic E-state index is -3.37. The van der Waals surface area contributed by atoms with Gasteiger partial charge < -0.3 is 4.90 Å². The number of anilines is 1. The van der Waals surface area contributed by atoms with Crippen LogP contribution in [-0.4, -0.2) is 43.3 Å². The van der Waals surface area contributed by atoms with Crippen molar-refractivity contribution in [2.75, 3.05) is 24.2 Å². The zero-order chi connectivity index (χ0) is 17.3. The molecule has 0 aliphatic carbocycles. The van der Waals surface area contributed by atoms with Gasteiger partial charge in [0, 0.05) is 37.3 Å². The highest BCUT2D eigenvalue weighted by Gasteiger charge is 2.26. The van der Waals surface area contributed by atoms with Crippen molar-refractivity contribution in [3.63, 3.8) is 0 Å². The summed E-state index contributed by atoms with van der Waals surface area (Å²) in [6, 6.07) is 6.90. The number of carbonyl (C=O) groups excluding carboxylic acids is 1. The minimum Gasteiger partial charge on any atom is -0.368 e. The molecule has 0 unspecified atom stereocenters. The molecule has 1 aliphatic heterocycles. The summed E-state index contributed by atoms with van der Waals surface area (Å²) in [4.78, 5) is 14.0. The van der Waals surface area contributed by atoms with Crippen molar-refractivity contribution in [2.45, 2.75) is 30.7 Å². The van der Waals surface area contributed by atoms with Gasteiger partial charge in [0.25, 0.3) is 0 Å². The van der Waals surface area contributed by atoms with E-state index in [1.54, 1.807) is 24.4 Å². The highest BCUT2D eigenvalue weighted by molar-refractivity contribution is 7.90. The Bertz CT molecular complexity index is 844. The fourth-order valence-electron chi connectivity index (χ4n) is 3.18. The molecule has 0 saturated carbocycles. The molecule has 1 aromatic carbocycles. The van der Waals surface area contributed by atoms with Crippen LogP contribution in [0.25, 0.3) is 0 Å². The molecule has 1 atom stereocenters. The van der Waals surface area contributed by atoms with E-state index >= 15 is 0 Å². The maximum absolute atomic E-state index is 12.2. The van der Waals surface area contributed by atoms with Crippen LogP contribution in [0.1, 0.15) is 36.2 Å². The van der Waals surface area contributed by atoms with E-state index in [1.165, 1.54) is 13.2 Å². The van der Waals surface area contributed by atoms with Gasteiger partial charge in [-0.05, 0) is 44.0 Å². The number of sulfone groups is 1. The molecule has 0 bridgehead atoms. The van der Waals surface area contributed by atoms with Gasteiger partial charge in [0.1, 0.15) is 0 Å². The highest BCUT2D eigenvalue weighted by atomic mass is 32.2. The Kier molecular flexibility index (Phi) is 4.45. The lowest BCUT2D eigenvalue weighted by atomic mass is 10.0. The Morgan fingerprint density at radius 3 is 2.75 bits per heavy atom. The highest BCUT2D eigenvalue weighted by Crippen LogP contribution is 2.32. The number of nitrogens with zero attached hydrogens (tertiary/aromatic N) is 3. The van der Waals surface area contributed by atoms with E-state index in [1.807, 2.05) is 16.9 Å². The van der Waals surface area contributed by atoms with Gasteiger partial charge in [0.05, 0.1) is 16.6 Å². The third kappa shape index (κ3) is 3.36. The fraction of sp³-hybridized carbons (Fsp3) is 0.412. The van der Waals surface area contributed by atoms with Crippen molar-refractivity contribution in [3.05, 3.63) is 42.2 Å². The Hall–Kier alpha value is -2.15. The van der Waals surface area contributed by atoms with Crippen molar-refractivity contribution < 1.29 is 13.2 Å². The third-order valence-corrected chi connectivity index (χ3v) is 5.55. The van der Waals surface area contributed by atoms with E-state index in [2.05, 4.69) is 10.00 Å². The predicted octanol–water partition coefficient (Wildman–Crippen LogP) is 2.33. The van der Waals surface area contributed by atoms with Crippen LogP contribution < -0.4 is 4.90 Å². The van der Waals surface area contributed by atoms with Crippen molar-refractivity contribution in [3.8, 4) is 0 Å². The third-order valence-electron chi connectivity index (χ3n) is 4.40. The first-order valence-corrected chi connectivity index (χ1v) is 9.84. The molecule has 1 fully saturated rings. The maximum atomic E-state index is 12.2. The molecule has 2 heterocycles. The van der Waals surface area contributed by atoms with Crippen LogP contribution in [0.3, 0.4) is 0 Å². The lowest BCUT2D eigenvalue weighted by Gasteiger charge is -2.35. The van der Waals surface area contributed by atoms with Gasteiger partial charge in [-0.3, -0.25) is 9.48 Å². The Morgan fingerprint density at radius 1 is 1.33 bits per heavy atom. The summed E-state index contributed by atoms with van der Waals surface area (Å²) in [6.07, 6.45) is 6.82. The molecule has 1 aromatic heterocycles. The normalized spacial score (nSPS) is 18.6. The summed E-state index contributed by atoms with van der Waals surface area (Å²) in [6.45, 7) is 2.93. The first-order chi connectivity index (χ1) is 11.4. The van der Waals surface area contributed by atoms with Crippen molar-refractivity contribution >= 4 is 21.3 Å². The Balaban J connectivity index is 2.00. The summed E-state index contributed by atoms with van der Waals surface area (Å²) < 4.78 is 26.2. The van der Waals surface area contributed by atoms with Gasteiger partial charge in [-0.1, -0.05) is 0 Å². The maximum Gasteiger partial charge on any atom is 0.177 e. The largest absolute Gasteiger partial charge is 0.368 e. The minimum absolute atomic E-state index is 0.0723. The van der Waals surface area contributed by atoms with Crippen molar-refractivity contribution in [1.29, 1.82) is 0 Å². The smallest absolute Gasteiger partial charge is 0.177 e. The topological polar surface area (TPSA) is 72.3 Å². The summed E-state index contributed by atoms with van der Waals surface area (Å²) in [5.41, 5.74) is 1.14. The summed E-state index contributed by atoms with van der Waals surface area (Å²) in [7, 11) is -3.37. The SMILES string of the molecule is CC(=O)c1ccc(S(C)(=O)=O)c(N2CCC[C@H](n3cccn3)C2)c1. The molecule has 128 valence electrons. The predicted molar refractivity (Wildman–Crippen MR) is 92.3 cm³/mol. The molecule has 0 N–H and O–H groups in total. The lowest BCUT2D eigenvalue weighted by molar-refractivity contribution is 0.101. The van der Waals surface area contributed by atoms with E-state index < -0.39 is 9.84 Å². The second-order valence-corrected chi connectivity index (χ2v) is 8.22. The van der Waals surface area contributed by atoms with E-state index in [9.17, 15) is 13.2 Å². The van der Waals surface area contributed by atoms with Crippen LogP contribution >= 0.6 is 0 Å². The number of piperidine rings is 1. The zero-order valence-corrected chi connectivity index (χ0v) is 14.7. The first kappa shape index (κ1) is 16.7. The van der Waals surface area contributed by atoms with Crippen LogP contribution in [0.5, 0.6) is 0 Å². The second kappa shape index (κ2) is 6.39. The van der Waals surface area contributed by atoms with Gasteiger partial charge in [0.15, 0.2) is 15.6 Å². The zero-order valence-electron chi connectivity index (χ0n) is 13.8. The molecule has 2 aromatic rings. The average Bonchev–Trinajstić information content (AvgIpc) is 3.08. The van der Waals surface area contributed by atoms with E-state index in [0.29, 0.717) is 17.8 Å². The molecule has 1 aliphatic rings. The fourth-order valence-corrected chi connectivity index (χ4v) is 4.07.